The van der Waals surface area contributed by atoms with Crippen LogP contribution in [0.5, 0.6) is 5.88 Å². The zero-order valence-corrected chi connectivity index (χ0v) is 18.5. The van der Waals surface area contributed by atoms with Crippen molar-refractivity contribution >= 4 is 9.84 Å². The maximum Gasteiger partial charge on any atom is 0.232 e. The van der Waals surface area contributed by atoms with Crippen LogP contribution in [0.1, 0.15) is 49.7 Å². The van der Waals surface area contributed by atoms with Gasteiger partial charge in [0.05, 0.1) is 36.1 Å². The van der Waals surface area contributed by atoms with Crippen molar-refractivity contribution in [1.29, 1.82) is 0 Å². The summed E-state index contributed by atoms with van der Waals surface area (Å²) in [5, 5.41) is 6.83. The lowest BCUT2D eigenvalue weighted by atomic mass is 10.0. The maximum absolute atomic E-state index is 13.0. The van der Waals surface area contributed by atoms with Gasteiger partial charge in [-0.25, -0.2) is 13.4 Å². The molecule has 10 heteroatoms. The van der Waals surface area contributed by atoms with Gasteiger partial charge in [0.25, 0.3) is 0 Å². The first kappa shape index (κ1) is 21.2. The van der Waals surface area contributed by atoms with Gasteiger partial charge in [-0.3, -0.25) is 15.0 Å². The second kappa shape index (κ2) is 8.60. The summed E-state index contributed by atoms with van der Waals surface area (Å²) < 4.78 is 37.5. The first-order valence-electron chi connectivity index (χ1n) is 10.4. The monoisotopic (exact) mass is 435 g/mol. The van der Waals surface area contributed by atoms with Gasteiger partial charge in [0.2, 0.25) is 5.88 Å². The number of H-pyrrole nitrogens is 1. The van der Waals surface area contributed by atoms with E-state index in [0.29, 0.717) is 35.4 Å². The average molecular weight is 436 g/mol. The molecule has 3 atom stereocenters. The number of hydrogen-bond donors (Lipinski definition) is 1. The minimum Gasteiger partial charge on any atom is -0.473 e. The molecule has 0 radical (unpaired) electrons. The molecule has 2 aliphatic heterocycles. The lowest BCUT2D eigenvalue weighted by molar-refractivity contribution is 0.0577. The molecule has 2 saturated heterocycles. The number of sulfone groups is 1. The summed E-state index contributed by atoms with van der Waals surface area (Å²) >= 11 is 0. The van der Waals surface area contributed by atoms with Crippen molar-refractivity contribution in [1.82, 2.24) is 25.1 Å². The van der Waals surface area contributed by atoms with Crippen molar-refractivity contribution in [3.63, 3.8) is 0 Å². The topological polar surface area (TPSA) is 110 Å². The Morgan fingerprint density at radius 1 is 1.17 bits per heavy atom. The van der Waals surface area contributed by atoms with E-state index in [1.807, 2.05) is 6.92 Å². The predicted octanol–water partition coefficient (Wildman–Crippen LogP) is 2.16. The smallest absolute Gasteiger partial charge is 0.232 e. The highest BCUT2D eigenvalue weighted by atomic mass is 32.2. The SMILES string of the molecule is CCOCc1cnc(O[C@@H]2C[C@H]3CC[C@@H](C2)N3CS(=O)(=O)c2c(C)n[nH]c2C)cn1. The van der Waals surface area contributed by atoms with Gasteiger partial charge < -0.3 is 9.47 Å². The average Bonchev–Trinajstić information content (AvgIpc) is 3.15. The molecular weight excluding hydrogens is 406 g/mol. The van der Waals surface area contributed by atoms with Crippen molar-refractivity contribution in [3.8, 4) is 5.88 Å². The van der Waals surface area contributed by atoms with E-state index < -0.39 is 9.84 Å². The molecule has 2 fully saturated rings. The number of aryl methyl sites for hydroxylation is 2. The molecule has 9 nitrogen and oxygen atoms in total. The number of hydrogen-bond acceptors (Lipinski definition) is 8. The van der Waals surface area contributed by atoms with Gasteiger partial charge in [0.1, 0.15) is 16.9 Å². The van der Waals surface area contributed by atoms with Gasteiger partial charge in [-0.05, 0) is 46.5 Å². The number of piperidine rings is 1. The Balaban J connectivity index is 1.39. The molecule has 4 heterocycles. The highest BCUT2D eigenvalue weighted by molar-refractivity contribution is 7.91. The van der Waals surface area contributed by atoms with E-state index in [1.165, 1.54) is 0 Å². The van der Waals surface area contributed by atoms with Crippen molar-refractivity contribution in [3.05, 3.63) is 29.5 Å². The van der Waals surface area contributed by atoms with E-state index in [9.17, 15) is 8.42 Å². The summed E-state index contributed by atoms with van der Waals surface area (Å²) in [4.78, 5) is 11.1. The zero-order valence-electron chi connectivity index (χ0n) is 17.7. The first-order valence-corrected chi connectivity index (χ1v) is 12.1. The predicted molar refractivity (Wildman–Crippen MR) is 110 cm³/mol. The van der Waals surface area contributed by atoms with Crippen LogP contribution in [0.25, 0.3) is 0 Å². The van der Waals surface area contributed by atoms with Crippen LogP contribution in [0.2, 0.25) is 0 Å². The molecule has 2 aromatic heterocycles. The van der Waals surface area contributed by atoms with E-state index >= 15 is 0 Å². The first-order chi connectivity index (χ1) is 14.4. The second-order valence-corrected chi connectivity index (χ2v) is 10.00. The van der Waals surface area contributed by atoms with Crippen LogP contribution < -0.4 is 4.74 Å². The normalized spacial score (nSPS) is 24.3. The number of aromatic nitrogens is 4. The summed E-state index contributed by atoms with van der Waals surface area (Å²) in [7, 11) is -3.44. The third-order valence-corrected chi connectivity index (χ3v) is 7.82. The molecule has 0 aromatic carbocycles. The van der Waals surface area contributed by atoms with Gasteiger partial charge in [-0.2, -0.15) is 5.10 Å². The molecular formula is C20H29N5O4S. The van der Waals surface area contributed by atoms with Gasteiger partial charge in [-0.1, -0.05) is 0 Å². The molecule has 0 aliphatic carbocycles. The Labute approximate surface area is 177 Å². The largest absolute Gasteiger partial charge is 0.473 e. The fourth-order valence-corrected chi connectivity index (χ4v) is 6.60. The highest BCUT2D eigenvalue weighted by Crippen LogP contribution is 2.38. The number of rotatable bonds is 8. The van der Waals surface area contributed by atoms with Gasteiger partial charge in [0, 0.05) is 18.7 Å². The maximum atomic E-state index is 13.0. The summed E-state index contributed by atoms with van der Waals surface area (Å²) in [5.74, 6) is 0.535. The van der Waals surface area contributed by atoms with Crippen molar-refractivity contribution in [2.45, 2.75) is 76.1 Å². The lowest BCUT2D eigenvalue weighted by Gasteiger charge is -2.38. The second-order valence-electron chi connectivity index (χ2n) is 8.10. The van der Waals surface area contributed by atoms with Crippen molar-refractivity contribution in [2.24, 2.45) is 0 Å². The van der Waals surface area contributed by atoms with Crippen LogP contribution in [-0.2, 0) is 21.2 Å². The number of ether oxygens (including phenoxy) is 2. The Bertz CT molecular complexity index is 942. The summed E-state index contributed by atoms with van der Waals surface area (Å²) in [6.45, 7) is 6.50. The fourth-order valence-electron chi connectivity index (χ4n) is 4.65. The molecule has 164 valence electrons. The minimum absolute atomic E-state index is 0.0193. The highest BCUT2D eigenvalue weighted by Gasteiger charge is 2.44. The van der Waals surface area contributed by atoms with Gasteiger partial charge in [0.15, 0.2) is 9.84 Å². The zero-order chi connectivity index (χ0) is 21.3. The lowest BCUT2D eigenvalue weighted by Crippen LogP contribution is -2.48. The molecule has 0 amide bonds. The minimum atomic E-state index is -3.44. The third kappa shape index (κ3) is 4.35. The number of fused-ring (bicyclic) bond motifs is 2. The molecule has 0 saturated carbocycles. The van der Waals surface area contributed by atoms with Crippen LogP contribution in [0.15, 0.2) is 17.3 Å². The summed E-state index contributed by atoms with van der Waals surface area (Å²) in [6.07, 6.45) is 6.89. The molecule has 4 rings (SSSR count). The van der Waals surface area contributed by atoms with Gasteiger partial charge in [-0.15, -0.1) is 0 Å². The van der Waals surface area contributed by atoms with Crippen molar-refractivity contribution < 1.29 is 17.9 Å². The molecule has 1 N–H and O–H groups in total. The quantitative estimate of drug-likeness (QED) is 0.672. The Kier molecular flexibility index (Phi) is 6.08. The molecule has 2 aromatic rings. The summed E-state index contributed by atoms with van der Waals surface area (Å²) in [6, 6.07) is 0.391. The van der Waals surface area contributed by atoms with E-state index in [-0.39, 0.29) is 24.1 Å². The van der Waals surface area contributed by atoms with Crippen LogP contribution >= 0.6 is 0 Å². The van der Waals surface area contributed by atoms with E-state index in [2.05, 4.69) is 25.1 Å². The van der Waals surface area contributed by atoms with Crippen LogP contribution in [0.3, 0.4) is 0 Å². The Morgan fingerprint density at radius 3 is 2.47 bits per heavy atom. The van der Waals surface area contributed by atoms with Crippen LogP contribution in [-0.4, -0.2) is 64.2 Å². The Morgan fingerprint density at radius 2 is 1.90 bits per heavy atom. The van der Waals surface area contributed by atoms with E-state index in [0.717, 1.165) is 31.4 Å². The number of nitrogens with one attached hydrogen (secondary N) is 1. The van der Waals surface area contributed by atoms with Crippen LogP contribution in [0, 0.1) is 13.8 Å². The third-order valence-electron chi connectivity index (χ3n) is 5.95. The van der Waals surface area contributed by atoms with E-state index in [1.54, 1.807) is 26.2 Å². The summed E-state index contributed by atoms with van der Waals surface area (Å²) in [5.41, 5.74) is 1.91. The molecule has 30 heavy (non-hydrogen) atoms. The number of nitrogens with zero attached hydrogens (tertiary/aromatic N) is 4. The Hall–Kier alpha value is -2.04. The molecule has 0 spiro atoms. The standard InChI is InChI=1S/C20H29N5O4S/c1-4-28-11-15-9-22-19(10-21-15)29-18-7-16-5-6-17(8-18)25(16)12-30(26,27)20-13(2)23-24-14(20)3/h9-10,16-18H,4-8,11-12H2,1-3H3,(H,23,24)/t16-,17+,18-. The molecule has 0 unspecified atom stereocenters. The fraction of sp³-hybridized carbons (Fsp3) is 0.650. The number of aromatic amines is 1. The van der Waals surface area contributed by atoms with E-state index in [4.69, 9.17) is 9.47 Å². The van der Waals surface area contributed by atoms with Crippen LogP contribution in [0.4, 0.5) is 0 Å². The van der Waals surface area contributed by atoms with Crippen molar-refractivity contribution in [2.75, 3.05) is 12.5 Å². The molecule has 2 aliphatic rings. The molecule has 2 bridgehead atoms. The van der Waals surface area contributed by atoms with Gasteiger partial charge >= 0.3 is 0 Å².